The molecule has 2 aromatic heterocycles. The summed E-state index contributed by atoms with van der Waals surface area (Å²) in [7, 11) is 0. The lowest BCUT2D eigenvalue weighted by Crippen LogP contribution is -2.12. The van der Waals surface area contributed by atoms with Crippen molar-refractivity contribution in [1.82, 2.24) is 5.32 Å². The van der Waals surface area contributed by atoms with Crippen LogP contribution in [0.3, 0.4) is 0 Å². The maximum absolute atomic E-state index is 5.54. The topological polar surface area (TPSA) is 25.2 Å². The normalized spacial score (nSPS) is 11.2. The number of furan rings is 1. The maximum atomic E-state index is 5.54. The Bertz CT molecular complexity index is 668. The van der Waals surface area contributed by atoms with Gasteiger partial charge >= 0.3 is 0 Å². The van der Waals surface area contributed by atoms with E-state index in [9.17, 15) is 0 Å². The van der Waals surface area contributed by atoms with Crippen LogP contribution in [0.4, 0.5) is 0 Å². The van der Waals surface area contributed by atoms with Crippen molar-refractivity contribution in [3.8, 4) is 0 Å². The van der Waals surface area contributed by atoms with Crippen LogP contribution in [-0.2, 0) is 19.5 Å². The summed E-state index contributed by atoms with van der Waals surface area (Å²) in [4.78, 5) is 1.44. The first-order valence-electron chi connectivity index (χ1n) is 6.59. The second-order valence-electron chi connectivity index (χ2n) is 4.58. The summed E-state index contributed by atoms with van der Waals surface area (Å²) in [5.41, 5.74) is 3.64. The lowest BCUT2D eigenvalue weighted by Gasteiger charge is -2.04. The molecule has 0 saturated heterocycles. The third-order valence-electron chi connectivity index (χ3n) is 3.38. The highest BCUT2D eigenvalue weighted by atomic mass is 32.1. The second kappa shape index (κ2) is 5.59. The number of aryl methyl sites for hydroxylation is 1. The molecular formula is C16H17NOS. The number of nitrogens with one attached hydrogen (secondary N) is 1. The van der Waals surface area contributed by atoms with Gasteiger partial charge < -0.3 is 9.73 Å². The van der Waals surface area contributed by atoms with Gasteiger partial charge in [0.1, 0.15) is 5.58 Å². The van der Waals surface area contributed by atoms with Crippen molar-refractivity contribution < 1.29 is 4.42 Å². The number of hydrogen-bond acceptors (Lipinski definition) is 3. The monoisotopic (exact) mass is 271 g/mol. The van der Waals surface area contributed by atoms with Crippen LogP contribution < -0.4 is 5.32 Å². The number of fused-ring (bicyclic) bond motifs is 1. The van der Waals surface area contributed by atoms with E-state index in [0.717, 1.165) is 25.1 Å². The van der Waals surface area contributed by atoms with Gasteiger partial charge in [-0.3, -0.25) is 0 Å². The fourth-order valence-corrected chi connectivity index (χ4v) is 3.26. The van der Waals surface area contributed by atoms with E-state index in [4.69, 9.17) is 4.42 Å². The highest BCUT2D eigenvalue weighted by Gasteiger charge is 2.06. The molecule has 3 aromatic rings. The van der Waals surface area contributed by atoms with Gasteiger partial charge in [-0.15, -0.1) is 11.3 Å². The Kier molecular flexibility index (Phi) is 3.67. The van der Waals surface area contributed by atoms with Gasteiger partial charge in [-0.2, -0.15) is 0 Å². The van der Waals surface area contributed by atoms with Crippen LogP contribution in [-0.4, -0.2) is 0 Å². The van der Waals surface area contributed by atoms with Gasteiger partial charge in [0, 0.05) is 28.9 Å². The van der Waals surface area contributed by atoms with E-state index in [1.807, 2.05) is 29.7 Å². The predicted molar refractivity (Wildman–Crippen MR) is 80.5 cm³/mol. The average molecular weight is 271 g/mol. The van der Waals surface area contributed by atoms with Gasteiger partial charge in [-0.1, -0.05) is 25.1 Å². The molecule has 19 heavy (non-hydrogen) atoms. The molecule has 1 aromatic carbocycles. The molecule has 2 nitrogen and oxygen atoms in total. The first-order chi connectivity index (χ1) is 9.38. The molecule has 0 unspecified atom stereocenters. The molecule has 0 aliphatic heterocycles. The number of rotatable bonds is 5. The molecular weight excluding hydrogens is 254 g/mol. The second-order valence-corrected chi connectivity index (χ2v) is 5.58. The molecule has 0 radical (unpaired) electrons. The molecule has 3 rings (SSSR count). The summed E-state index contributed by atoms with van der Waals surface area (Å²) in [6.45, 7) is 3.98. The molecule has 3 heteroatoms. The fraction of sp³-hybridized carbons (Fsp3) is 0.250. The summed E-state index contributed by atoms with van der Waals surface area (Å²) in [6, 6.07) is 10.4. The van der Waals surface area contributed by atoms with Gasteiger partial charge in [0.25, 0.3) is 0 Å². The first-order valence-corrected chi connectivity index (χ1v) is 7.47. The molecule has 0 spiro atoms. The molecule has 0 aliphatic rings. The van der Waals surface area contributed by atoms with Crippen LogP contribution in [0.5, 0.6) is 0 Å². The van der Waals surface area contributed by atoms with Crippen LogP contribution in [0, 0.1) is 0 Å². The highest BCUT2D eigenvalue weighted by molar-refractivity contribution is 7.10. The summed E-state index contributed by atoms with van der Waals surface area (Å²) >= 11 is 1.83. The van der Waals surface area contributed by atoms with Crippen molar-refractivity contribution in [1.29, 1.82) is 0 Å². The van der Waals surface area contributed by atoms with Gasteiger partial charge in [0.05, 0.1) is 6.26 Å². The van der Waals surface area contributed by atoms with Crippen molar-refractivity contribution in [2.45, 2.75) is 26.4 Å². The predicted octanol–water partition coefficient (Wildman–Crippen LogP) is 4.35. The van der Waals surface area contributed by atoms with E-state index in [1.54, 1.807) is 0 Å². The zero-order chi connectivity index (χ0) is 13.1. The van der Waals surface area contributed by atoms with E-state index < -0.39 is 0 Å². The minimum atomic E-state index is 0.845. The number of hydrogen-bond donors (Lipinski definition) is 1. The van der Waals surface area contributed by atoms with Crippen LogP contribution in [0.15, 0.2) is 46.4 Å². The lowest BCUT2D eigenvalue weighted by atomic mass is 10.1. The smallest absolute Gasteiger partial charge is 0.134 e. The minimum Gasteiger partial charge on any atom is -0.464 e. The van der Waals surface area contributed by atoms with E-state index in [2.05, 4.69) is 35.8 Å². The highest BCUT2D eigenvalue weighted by Crippen LogP contribution is 2.21. The third kappa shape index (κ3) is 2.57. The van der Waals surface area contributed by atoms with Crippen molar-refractivity contribution in [2.24, 2.45) is 0 Å². The van der Waals surface area contributed by atoms with Gasteiger partial charge in [0.2, 0.25) is 0 Å². The fourth-order valence-electron chi connectivity index (χ4n) is 2.32. The summed E-state index contributed by atoms with van der Waals surface area (Å²) in [5.74, 6) is 0. The minimum absolute atomic E-state index is 0.845. The largest absolute Gasteiger partial charge is 0.464 e. The molecule has 0 amide bonds. The Hall–Kier alpha value is -1.58. The first kappa shape index (κ1) is 12.5. The van der Waals surface area contributed by atoms with Gasteiger partial charge in [-0.05, 0) is 29.5 Å². The Morgan fingerprint density at radius 2 is 2.00 bits per heavy atom. The van der Waals surface area contributed by atoms with Crippen molar-refractivity contribution in [2.75, 3.05) is 0 Å². The van der Waals surface area contributed by atoms with Crippen LogP contribution in [0.1, 0.15) is 22.9 Å². The summed E-state index contributed by atoms with van der Waals surface area (Å²) in [6.07, 6.45) is 2.96. The van der Waals surface area contributed by atoms with Gasteiger partial charge in [0.15, 0.2) is 0 Å². The van der Waals surface area contributed by atoms with E-state index in [1.165, 1.54) is 21.4 Å². The molecule has 2 heterocycles. The molecule has 98 valence electrons. The van der Waals surface area contributed by atoms with E-state index in [-0.39, 0.29) is 0 Å². The molecule has 0 fully saturated rings. The Balaban J connectivity index is 1.67. The number of benzene rings is 1. The average Bonchev–Trinajstić information content (AvgIpc) is 3.06. The quantitative estimate of drug-likeness (QED) is 0.746. The number of thiophene rings is 1. The molecule has 0 saturated carbocycles. The molecule has 0 aliphatic carbocycles. The van der Waals surface area contributed by atoms with E-state index in [0.29, 0.717) is 0 Å². The standard InChI is InChI=1S/C16H17NOS/c1-2-12-7-8-19-16(12)10-17-9-13-11-18-15-6-4-3-5-14(13)15/h3-8,11,17H,2,9-10H2,1H3. The van der Waals surface area contributed by atoms with Gasteiger partial charge in [-0.25, -0.2) is 0 Å². The SMILES string of the molecule is CCc1ccsc1CNCc1coc2ccccc12. The molecule has 0 bridgehead atoms. The van der Waals surface area contributed by atoms with Crippen molar-refractivity contribution >= 4 is 22.3 Å². The van der Waals surface area contributed by atoms with Crippen molar-refractivity contribution in [3.63, 3.8) is 0 Å². The maximum Gasteiger partial charge on any atom is 0.134 e. The zero-order valence-corrected chi connectivity index (χ0v) is 11.8. The third-order valence-corrected chi connectivity index (χ3v) is 4.34. The van der Waals surface area contributed by atoms with E-state index >= 15 is 0 Å². The summed E-state index contributed by atoms with van der Waals surface area (Å²) < 4.78 is 5.54. The summed E-state index contributed by atoms with van der Waals surface area (Å²) in [5, 5.41) is 6.88. The Morgan fingerprint density at radius 1 is 1.11 bits per heavy atom. The van der Waals surface area contributed by atoms with Crippen LogP contribution in [0.2, 0.25) is 0 Å². The van der Waals surface area contributed by atoms with Crippen molar-refractivity contribution in [3.05, 3.63) is 58.0 Å². The Labute approximate surface area is 117 Å². The lowest BCUT2D eigenvalue weighted by molar-refractivity contribution is 0.602. The van der Waals surface area contributed by atoms with Crippen LogP contribution >= 0.6 is 11.3 Å². The number of para-hydroxylation sites is 1. The molecule has 0 atom stereocenters. The zero-order valence-electron chi connectivity index (χ0n) is 11.0. The molecule has 1 N–H and O–H groups in total. The van der Waals surface area contributed by atoms with Crippen LogP contribution in [0.25, 0.3) is 11.0 Å². The Morgan fingerprint density at radius 3 is 2.89 bits per heavy atom.